The highest BCUT2D eigenvalue weighted by atomic mass is 16.6. The third-order valence-electron chi connectivity index (χ3n) is 3.49. The summed E-state index contributed by atoms with van der Waals surface area (Å²) < 4.78 is 5.34. The highest BCUT2D eigenvalue weighted by molar-refractivity contribution is 5.84. The van der Waals surface area contributed by atoms with Gasteiger partial charge in [-0.2, -0.15) is 0 Å². The van der Waals surface area contributed by atoms with E-state index in [4.69, 9.17) is 4.74 Å². The van der Waals surface area contributed by atoms with Crippen molar-refractivity contribution in [3.05, 3.63) is 63.2 Å². The first-order valence-corrected chi connectivity index (χ1v) is 7.07. The molecule has 6 nitrogen and oxygen atoms in total. The number of phenols is 1. The molecule has 0 aliphatic carbocycles. The maximum absolute atomic E-state index is 10.8. The molecule has 2 aromatic carbocycles. The summed E-state index contributed by atoms with van der Waals surface area (Å²) in [5.41, 5.74) is 2.21. The number of aromatic hydroxyl groups is 1. The van der Waals surface area contributed by atoms with Crippen molar-refractivity contribution in [3.63, 3.8) is 0 Å². The van der Waals surface area contributed by atoms with E-state index < -0.39 is 4.92 Å². The second-order valence-corrected chi connectivity index (χ2v) is 5.20. The Kier molecular flexibility index (Phi) is 4.95. The molecule has 0 heterocycles. The van der Waals surface area contributed by atoms with Crippen molar-refractivity contribution < 1.29 is 14.8 Å². The molecule has 0 bridgehead atoms. The number of benzene rings is 2. The molecule has 0 saturated carbocycles. The van der Waals surface area contributed by atoms with Crippen LogP contribution in [0.5, 0.6) is 11.5 Å². The first-order valence-electron chi connectivity index (χ1n) is 7.07. The number of aryl methyl sites for hydroxylation is 1. The van der Waals surface area contributed by atoms with Gasteiger partial charge in [-0.1, -0.05) is 17.7 Å². The number of ether oxygens (including phenoxy) is 1. The number of nitro benzene ring substituents is 1. The fourth-order valence-electron chi connectivity index (χ4n) is 2.21. The quantitative estimate of drug-likeness (QED) is 0.517. The molecule has 6 heteroatoms. The van der Waals surface area contributed by atoms with Crippen molar-refractivity contribution in [1.82, 2.24) is 0 Å². The molecule has 0 radical (unpaired) electrons. The van der Waals surface area contributed by atoms with Crippen LogP contribution < -0.4 is 4.74 Å². The monoisotopic (exact) mass is 314 g/mol. The second-order valence-electron chi connectivity index (χ2n) is 5.20. The van der Waals surface area contributed by atoms with Gasteiger partial charge in [0.15, 0.2) is 0 Å². The molecule has 0 unspecified atom stereocenters. The Morgan fingerprint density at radius 3 is 2.70 bits per heavy atom. The molecule has 0 amide bonds. The van der Waals surface area contributed by atoms with Gasteiger partial charge in [-0.3, -0.25) is 15.1 Å². The Morgan fingerprint density at radius 1 is 1.30 bits per heavy atom. The van der Waals surface area contributed by atoms with Gasteiger partial charge >= 0.3 is 0 Å². The summed E-state index contributed by atoms with van der Waals surface area (Å²) >= 11 is 0. The zero-order valence-electron chi connectivity index (χ0n) is 13.2. The van der Waals surface area contributed by atoms with E-state index in [0.29, 0.717) is 5.56 Å². The van der Waals surface area contributed by atoms with Crippen molar-refractivity contribution in [3.8, 4) is 11.5 Å². The standard InChI is InChI=1S/C17H18N2O4/c1-11-4-7-17(23-3)15(8-11)12(2)18-10-13-9-14(19(21)22)5-6-16(13)20/h4-10,12,20H,1-3H3/t12-/m0/s1. The molecule has 0 saturated heterocycles. The lowest BCUT2D eigenvalue weighted by Crippen LogP contribution is -1.97. The third kappa shape index (κ3) is 3.85. The lowest BCUT2D eigenvalue weighted by molar-refractivity contribution is -0.384. The first kappa shape index (κ1) is 16.5. The van der Waals surface area contributed by atoms with E-state index in [9.17, 15) is 15.2 Å². The van der Waals surface area contributed by atoms with Crippen LogP contribution in [-0.2, 0) is 0 Å². The van der Waals surface area contributed by atoms with Gasteiger partial charge in [0.05, 0.1) is 18.1 Å². The van der Waals surface area contributed by atoms with Crippen molar-refractivity contribution in [2.45, 2.75) is 19.9 Å². The summed E-state index contributed by atoms with van der Waals surface area (Å²) in [5, 5.41) is 20.6. The van der Waals surface area contributed by atoms with Gasteiger partial charge in [-0.15, -0.1) is 0 Å². The molecule has 1 atom stereocenters. The van der Waals surface area contributed by atoms with Gasteiger partial charge in [0.25, 0.3) is 5.69 Å². The fraction of sp³-hybridized carbons (Fsp3) is 0.235. The number of hydrogen-bond acceptors (Lipinski definition) is 5. The molecule has 2 aromatic rings. The Labute approximate surface area is 134 Å². The molecule has 2 rings (SSSR count). The van der Waals surface area contributed by atoms with E-state index in [0.717, 1.165) is 16.9 Å². The fourth-order valence-corrected chi connectivity index (χ4v) is 2.21. The van der Waals surface area contributed by atoms with Crippen LogP contribution in [0, 0.1) is 17.0 Å². The van der Waals surface area contributed by atoms with Crippen molar-refractivity contribution in [2.75, 3.05) is 7.11 Å². The molecule has 0 aliphatic heterocycles. The lowest BCUT2D eigenvalue weighted by atomic mass is 10.0. The van der Waals surface area contributed by atoms with Gasteiger partial charge in [0, 0.05) is 29.5 Å². The number of phenolic OH excluding ortho intramolecular Hbond substituents is 1. The molecule has 0 spiro atoms. The first-order chi connectivity index (χ1) is 10.9. The Hall–Kier alpha value is -2.89. The average Bonchev–Trinajstić information content (AvgIpc) is 2.53. The van der Waals surface area contributed by atoms with Crippen LogP contribution in [0.2, 0.25) is 0 Å². The normalized spacial score (nSPS) is 12.3. The van der Waals surface area contributed by atoms with Gasteiger partial charge in [0.2, 0.25) is 0 Å². The van der Waals surface area contributed by atoms with Crippen LogP contribution >= 0.6 is 0 Å². The molecule has 0 fully saturated rings. The van der Waals surface area contributed by atoms with E-state index in [1.165, 1.54) is 24.4 Å². The van der Waals surface area contributed by atoms with Crippen molar-refractivity contribution in [1.29, 1.82) is 0 Å². The van der Waals surface area contributed by atoms with E-state index in [2.05, 4.69) is 4.99 Å². The Balaban J connectivity index is 2.31. The number of methoxy groups -OCH3 is 1. The zero-order chi connectivity index (χ0) is 17.0. The number of nitrogens with zero attached hydrogens (tertiary/aromatic N) is 2. The summed E-state index contributed by atoms with van der Waals surface area (Å²) in [6, 6.07) is 9.42. The number of hydrogen-bond donors (Lipinski definition) is 1. The summed E-state index contributed by atoms with van der Waals surface area (Å²) in [6.45, 7) is 3.87. The summed E-state index contributed by atoms with van der Waals surface area (Å²) in [5.74, 6) is 0.672. The van der Waals surface area contributed by atoms with Crippen LogP contribution in [0.3, 0.4) is 0 Å². The van der Waals surface area contributed by atoms with Crippen LogP contribution in [0.1, 0.15) is 29.7 Å². The van der Waals surface area contributed by atoms with Gasteiger partial charge < -0.3 is 9.84 Å². The summed E-state index contributed by atoms with van der Waals surface area (Å²) in [6.07, 6.45) is 1.44. The molecule has 23 heavy (non-hydrogen) atoms. The summed E-state index contributed by atoms with van der Waals surface area (Å²) in [4.78, 5) is 14.7. The van der Waals surface area contributed by atoms with E-state index in [-0.39, 0.29) is 17.5 Å². The maximum Gasteiger partial charge on any atom is 0.270 e. The minimum atomic E-state index is -0.510. The second kappa shape index (κ2) is 6.91. The smallest absolute Gasteiger partial charge is 0.270 e. The molecular weight excluding hydrogens is 296 g/mol. The minimum Gasteiger partial charge on any atom is -0.507 e. The van der Waals surface area contributed by atoms with Gasteiger partial charge in [-0.25, -0.2) is 0 Å². The van der Waals surface area contributed by atoms with Gasteiger partial charge in [0.1, 0.15) is 11.5 Å². The van der Waals surface area contributed by atoms with Crippen LogP contribution in [0.15, 0.2) is 41.4 Å². The maximum atomic E-state index is 10.8. The molecule has 120 valence electrons. The summed E-state index contributed by atoms with van der Waals surface area (Å²) in [7, 11) is 1.59. The predicted octanol–water partition coefficient (Wildman–Crippen LogP) is 3.80. The minimum absolute atomic E-state index is 0.0530. The topological polar surface area (TPSA) is 85.0 Å². The van der Waals surface area contributed by atoms with E-state index in [1.807, 2.05) is 32.0 Å². The van der Waals surface area contributed by atoms with Gasteiger partial charge in [-0.05, 0) is 26.0 Å². The van der Waals surface area contributed by atoms with Crippen molar-refractivity contribution in [2.24, 2.45) is 4.99 Å². The molecule has 0 aliphatic rings. The number of nitro groups is 1. The largest absolute Gasteiger partial charge is 0.507 e. The average molecular weight is 314 g/mol. The zero-order valence-corrected chi connectivity index (χ0v) is 13.2. The van der Waals surface area contributed by atoms with E-state index in [1.54, 1.807) is 7.11 Å². The lowest BCUT2D eigenvalue weighted by Gasteiger charge is -2.13. The predicted molar refractivity (Wildman–Crippen MR) is 88.5 cm³/mol. The highest BCUT2D eigenvalue weighted by Crippen LogP contribution is 2.29. The Bertz CT molecular complexity index is 756. The van der Waals surface area contributed by atoms with Crippen LogP contribution in [-0.4, -0.2) is 23.4 Å². The van der Waals surface area contributed by atoms with Crippen LogP contribution in [0.4, 0.5) is 5.69 Å². The highest BCUT2D eigenvalue weighted by Gasteiger charge is 2.12. The number of rotatable bonds is 5. The Morgan fingerprint density at radius 2 is 2.04 bits per heavy atom. The number of aliphatic imine (C=N–C) groups is 1. The number of non-ortho nitro benzene ring substituents is 1. The SMILES string of the molecule is COc1ccc(C)cc1[C@H](C)N=Cc1cc([N+](=O)[O-])ccc1O. The molecule has 1 N–H and O–H groups in total. The van der Waals surface area contributed by atoms with Crippen LogP contribution in [0.25, 0.3) is 0 Å². The van der Waals surface area contributed by atoms with E-state index >= 15 is 0 Å². The molecular formula is C17H18N2O4. The third-order valence-corrected chi connectivity index (χ3v) is 3.49. The molecule has 0 aromatic heterocycles. The van der Waals surface area contributed by atoms with Crippen molar-refractivity contribution >= 4 is 11.9 Å².